The van der Waals surface area contributed by atoms with Crippen molar-refractivity contribution in [2.75, 3.05) is 0 Å². The summed E-state index contributed by atoms with van der Waals surface area (Å²) in [5.74, 6) is 0.0426. The van der Waals surface area contributed by atoms with Gasteiger partial charge in [-0.05, 0) is 34.1 Å². The summed E-state index contributed by atoms with van der Waals surface area (Å²) < 4.78 is 0.700. The lowest BCUT2D eigenvalue weighted by molar-refractivity contribution is 0.474. The van der Waals surface area contributed by atoms with Gasteiger partial charge in [0.25, 0.3) is 0 Å². The molecule has 0 aliphatic rings. The zero-order valence-corrected chi connectivity index (χ0v) is 9.70. The second kappa shape index (κ2) is 4.12. The fourth-order valence-corrected chi connectivity index (χ4v) is 1.49. The molecule has 0 atom stereocenters. The van der Waals surface area contributed by atoms with Crippen LogP contribution in [0.15, 0.2) is 28.9 Å². The van der Waals surface area contributed by atoms with E-state index in [0.717, 1.165) is 0 Å². The number of hydrogen-bond donors (Lipinski definition) is 1. The van der Waals surface area contributed by atoms with E-state index in [9.17, 15) is 5.11 Å². The van der Waals surface area contributed by atoms with Gasteiger partial charge in [0.2, 0.25) is 0 Å². The number of hydrogen-bond acceptors (Lipinski definition) is 4. The van der Waals surface area contributed by atoms with Crippen molar-refractivity contribution in [1.82, 2.24) is 15.2 Å². The van der Waals surface area contributed by atoms with Crippen LogP contribution < -0.4 is 0 Å². The number of rotatable bonds is 1. The summed E-state index contributed by atoms with van der Waals surface area (Å²) in [6.45, 7) is 0. The first-order valence-electron chi connectivity index (χ1n) is 4.01. The maximum atomic E-state index is 9.62. The van der Waals surface area contributed by atoms with Crippen molar-refractivity contribution in [1.29, 1.82) is 0 Å². The first-order valence-corrected chi connectivity index (χ1v) is 5.18. The number of nitrogens with zero attached hydrogens (tertiary/aromatic N) is 3. The Morgan fingerprint density at radius 1 is 1.27 bits per heavy atom. The third-order valence-corrected chi connectivity index (χ3v) is 2.34. The quantitative estimate of drug-likeness (QED) is 0.875. The van der Waals surface area contributed by atoms with E-state index in [2.05, 4.69) is 31.1 Å². The van der Waals surface area contributed by atoms with Gasteiger partial charge in [-0.1, -0.05) is 11.6 Å². The highest BCUT2D eigenvalue weighted by molar-refractivity contribution is 9.10. The monoisotopic (exact) mass is 285 g/mol. The standard InChI is InChI=1S/C9H5BrClN3O/c10-5-3-7(15)9(12-4-5)6-1-2-8(11)14-13-6/h1-4,15H. The lowest BCUT2D eigenvalue weighted by Crippen LogP contribution is -1.90. The van der Waals surface area contributed by atoms with Crippen LogP contribution in [-0.4, -0.2) is 20.3 Å². The molecule has 0 saturated heterocycles. The summed E-state index contributed by atoms with van der Waals surface area (Å²) in [4.78, 5) is 4.04. The Morgan fingerprint density at radius 2 is 2.07 bits per heavy atom. The highest BCUT2D eigenvalue weighted by atomic mass is 79.9. The topological polar surface area (TPSA) is 58.9 Å². The van der Waals surface area contributed by atoms with Crippen molar-refractivity contribution in [3.05, 3.63) is 34.0 Å². The molecule has 2 aromatic heterocycles. The van der Waals surface area contributed by atoms with E-state index in [-0.39, 0.29) is 5.75 Å². The average Bonchev–Trinajstić information content (AvgIpc) is 2.20. The Kier molecular flexibility index (Phi) is 2.83. The lowest BCUT2D eigenvalue weighted by atomic mass is 10.2. The molecular formula is C9H5BrClN3O. The van der Waals surface area contributed by atoms with Crippen LogP contribution >= 0.6 is 27.5 Å². The SMILES string of the molecule is Oc1cc(Br)cnc1-c1ccc(Cl)nn1. The second-order valence-electron chi connectivity index (χ2n) is 2.76. The number of halogens is 2. The molecule has 4 nitrogen and oxygen atoms in total. The Hall–Kier alpha value is -1.20. The lowest BCUT2D eigenvalue weighted by Gasteiger charge is -2.02. The molecule has 0 aliphatic carbocycles. The van der Waals surface area contributed by atoms with Crippen LogP contribution in [0.3, 0.4) is 0 Å². The molecular weight excluding hydrogens is 281 g/mol. The van der Waals surface area contributed by atoms with Gasteiger partial charge in [-0.3, -0.25) is 0 Å². The van der Waals surface area contributed by atoms with Crippen LogP contribution in [0, 0.1) is 0 Å². The molecule has 0 amide bonds. The summed E-state index contributed by atoms with van der Waals surface area (Å²) in [6.07, 6.45) is 1.57. The summed E-state index contributed by atoms with van der Waals surface area (Å²) >= 11 is 8.80. The maximum Gasteiger partial charge on any atom is 0.151 e. The van der Waals surface area contributed by atoms with Crippen molar-refractivity contribution in [2.24, 2.45) is 0 Å². The van der Waals surface area contributed by atoms with Crippen LogP contribution in [0.25, 0.3) is 11.4 Å². The highest BCUT2D eigenvalue weighted by Gasteiger charge is 2.08. The molecule has 0 radical (unpaired) electrons. The zero-order chi connectivity index (χ0) is 10.8. The van der Waals surface area contributed by atoms with Gasteiger partial charge in [-0.2, -0.15) is 0 Å². The first kappa shape index (κ1) is 10.3. The molecule has 0 fully saturated rings. The smallest absolute Gasteiger partial charge is 0.151 e. The van der Waals surface area contributed by atoms with E-state index < -0.39 is 0 Å². The predicted molar refractivity (Wildman–Crippen MR) is 59.6 cm³/mol. The summed E-state index contributed by atoms with van der Waals surface area (Å²) in [5.41, 5.74) is 0.853. The van der Waals surface area contributed by atoms with Gasteiger partial charge in [0.15, 0.2) is 5.15 Å². The summed E-state index contributed by atoms with van der Waals surface area (Å²) in [6, 6.07) is 4.77. The van der Waals surface area contributed by atoms with Gasteiger partial charge in [-0.15, -0.1) is 10.2 Å². The minimum absolute atomic E-state index is 0.0426. The molecule has 0 unspecified atom stereocenters. The van der Waals surface area contributed by atoms with E-state index >= 15 is 0 Å². The van der Waals surface area contributed by atoms with Gasteiger partial charge < -0.3 is 5.11 Å². The normalized spacial score (nSPS) is 10.3. The van der Waals surface area contributed by atoms with Crippen LogP contribution in [0.4, 0.5) is 0 Å². The summed E-state index contributed by atoms with van der Waals surface area (Å²) in [5, 5.41) is 17.4. The first-order chi connectivity index (χ1) is 7.16. The Balaban J connectivity index is 2.49. The number of aromatic hydroxyl groups is 1. The Labute approximate surface area is 99.1 Å². The van der Waals surface area contributed by atoms with Crippen LogP contribution in [0.2, 0.25) is 5.15 Å². The summed E-state index contributed by atoms with van der Waals surface area (Å²) in [7, 11) is 0. The predicted octanol–water partition coefficient (Wildman–Crippen LogP) is 2.66. The van der Waals surface area contributed by atoms with Crippen molar-refractivity contribution in [3.8, 4) is 17.1 Å². The minimum Gasteiger partial charge on any atom is -0.506 e. The van der Waals surface area contributed by atoms with Crippen molar-refractivity contribution in [3.63, 3.8) is 0 Å². The third-order valence-electron chi connectivity index (χ3n) is 1.71. The molecule has 0 aliphatic heterocycles. The highest BCUT2D eigenvalue weighted by Crippen LogP contribution is 2.27. The molecule has 6 heteroatoms. The molecule has 0 spiro atoms. The van der Waals surface area contributed by atoms with Gasteiger partial charge in [0.05, 0.1) is 0 Å². The van der Waals surface area contributed by atoms with Crippen molar-refractivity contribution < 1.29 is 5.11 Å². The number of aromatic nitrogens is 3. The molecule has 1 N–H and O–H groups in total. The third kappa shape index (κ3) is 2.24. The minimum atomic E-state index is 0.0426. The molecule has 0 bridgehead atoms. The Morgan fingerprint density at radius 3 is 2.67 bits per heavy atom. The molecule has 0 aromatic carbocycles. The van der Waals surface area contributed by atoms with Gasteiger partial charge in [0.1, 0.15) is 17.1 Å². The average molecular weight is 287 g/mol. The van der Waals surface area contributed by atoms with Gasteiger partial charge in [0, 0.05) is 10.7 Å². The molecule has 2 heterocycles. The van der Waals surface area contributed by atoms with E-state index in [1.807, 2.05) is 0 Å². The molecule has 0 saturated carbocycles. The maximum absolute atomic E-state index is 9.62. The van der Waals surface area contributed by atoms with Crippen molar-refractivity contribution in [2.45, 2.75) is 0 Å². The fraction of sp³-hybridized carbons (Fsp3) is 0. The molecule has 15 heavy (non-hydrogen) atoms. The number of pyridine rings is 1. The van der Waals surface area contributed by atoms with Crippen LogP contribution in [0.1, 0.15) is 0 Å². The van der Waals surface area contributed by atoms with Gasteiger partial charge in [-0.25, -0.2) is 4.98 Å². The van der Waals surface area contributed by atoms with Crippen LogP contribution in [-0.2, 0) is 0 Å². The zero-order valence-electron chi connectivity index (χ0n) is 7.35. The molecule has 2 rings (SSSR count). The van der Waals surface area contributed by atoms with E-state index in [0.29, 0.717) is 21.0 Å². The second-order valence-corrected chi connectivity index (χ2v) is 4.07. The molecule has 2 aromatic rings. The largest absolute Gasteiger partial charge is 0.506 e. The van der Waals surface area contributed by atoms with E-state index in [1.54, 1.807) is 24.4 Å². The Bertz CT molecular complexity index is 489. The van der Waals surface area contributed by atoms with E-state index in [4.69, 9.17) is 11.6 Å². The van der Waals surface area contributed by atoms with Crippen molar-refractivity contribution >= 4 is 27.5 Å². The van der Waals surface area contributed by atoms with E-state index in [1.165, 1.54) is 0 Å². The molecule has 76 valence electrons. The van der Waals surface area contributed by atoms with Crippen LogP contribution in [0.5, 0.6) is 5.75 Å². The van der Waals surface area contributed by atoms with Gasteiger partial charge >= 0.3 is 0 Å². The fourth-order valence-electron chi connectivity index (χ4n) is 1.07.